The standard InChI is InChI=1S/C28H26N4O2/c33-27(31-24-13-15-26(16-14-24)34-25-11-5-2-6-12-25)22-10-7-17-32(20-22)28-29-18-23(19-30-28)21-8-3-1-4-9-21/h1-6,8-9,11-16,18-19,22H,7,10,17,20H2,(H,31,33)/t22-/m0/s1. The van der Waals surface area contributed by atoms with Gasteiger partial charge in [-0.2, -0.15) is 0 Å². The predicted octanol–water partition coefficient (Wildman–Crippen LogP) is 5.79. The molecule has 2 heterocycles. The highest BCUT2D eigenvalue weighted by Gasteiger charge is 2.27. The molecule has 1 aliphatic rings. The van der Waals surface area contributed by atoms with Crippen molar-refractivity contribution in [3.8, 4) is 22.6 Å². The van der Waals surface area contributed by atoms with Gasteiger partial charge in [0.05, 0.1) is 5.92 Å². The summed E-state index contributed by atoms with van der Waals surface area (Å²) in [5.74, 6) is 2.07. The number of ether oxygens (including phenoxy) is 1. The van der Waals surface area contributed by atoms with Crippen LogP contribution < -0.4 is 15.0 Å². The lowest BCUT2D eigenvalue weighted by molar-refractivity contribution is -0.120. The number of carbonyl (C=O) groups is 1. The maximum absolute atomic E-state index is 12.9. The molecule has 1 fully saturated rings. The maximum Gasteiger partial charge on any atom is 0.229 e. The van der Waals surface area contributed by atoms with Gasteiger partial charge < -0.3 is 15.0 Å². The Kier molecular flexibility index (Phi) is 6.47. The van der Waals surface area contributed by atoms with Gasteiger partial charge in [0.25, 0.3) is 0 Å². The van der Waals surface area contributed by atoms with Gasteiger partial charge in [0.15, 0.2) is 0 Å². The second-order valence-electron chi connectivity index (χ2n) is 8.35. The van der Waals surface area contributed by atoms with Gasteiger partial charge in [-0.3, -0.25) is 4.79 Å². The molecular weight excluding hydrogens is 424 g/mol. The van der Waals surface area contributed by atoms with Crippen molar-refractivity contribution in [2.45, 2.75) is 12.8 Å². The topological polar surface area (TPSA) is 67.3 Å². The van der Waals surface area contributed by atoms with Crippen molar-refractivity contribution in [2.75, 3.05) is 23.3 Å². The summed E-state index contributed by atoms with van der Waals surface area (Å²) in [5, 5.41) is 3.04. The number of hydrogen-bond acceptors (Lipinski definition) is 5. The number of piperidine rings is 1. The number of nitrogens with one attached hydrogen (secondary N) is 1. The van der Waals surface area contributed by atoms with Gasteiger partial charge in [0.2, 0.25) is 11.9 Å². The maximum atomic E-state index is 12.9. The summed E-state index contributed by atoms with van der Waals surface area (Å²) >= 11 is 0. The van der Waals surface area contributed by atoms with E-state index in [0.717, 1.165) is 47.7 Å². The minimum atomic E-state index is -0.119. The van der Waals surface area contributed by atoms with E-state index < -0.39 is 0 Å². The molecule has 3 aromatic carbocycles. The third-order valence-corrected chi connectivity index (χ3v) is 5.92. The first-order valence-electron chi connectivity index (χ1n) is 11.5. The first-order valence-corrected chi connectivity index (χ1v) is 11.5. The van der Waals surface area contributed by atoms with Crippen LogP contribution >= 0.6 is 0 Å². The van der Waals surface area contributed by atoms with E-state index in [9.17, 15) is 4.79 Å². The molecule has 0 bridgehead atoms. The highest BCUT2D eigenvalue weighted by atomic mass is 16.5. The first kappa shape index (κ1) is 21.6. The Morgan fingerprint density at radius 1 is 0.824 bits per heavy atom. The molecule has 170 valence electrons. The zero-order valence-corrected chi connectivity index (χ0v) is 18.8. The average Bonchev–Trinajstić information content (AvgIpc) is 2.91. The summed E-state index contributed by atoms with van der Waals surface area (Å²) in [7, 11) is 0. The van der Waals surface area contributed by atoms with E-state index in [2.05, 4.69) is 20.2 Å². The number of carbonyl (C=O) groups excluding carboxylic acids is 1. The minimum Gasteiger partial charge on any atom is -0.457 e. The SMILES string of the molecule is O=C(Nc1ccc(Oc2ccccc2)cc1)[C@H]1CCCN(c2ncc(-c3ccccc3)cn2)C1. The van der Waals surface area contributed by atoms with Gasteiger partial charge in [-0.25, -0.2) is 9.97 Å². The van der Waals surface area contributed by atoms with Gasteiger partial charge >= 0.3 is 0 Å². The van der Waals surface area contributed by atoms with Crippen molar-refractivity contribution in [3.05, 3.63) is 97.3 Å². The van der Waals surface area contributed by atoms with E-state index in [0.29, 0.717) is 12.5 Å². The normalized spacial score (nSPS) is 15.5. The van der Waals surface area contributed by atoms with E-state index in [1.54, 1.807) is 0 Å². The van der Waals surface area contributed by atoms with Crippen molar-refractivity contribution in [2.24, 2.45) is 5.92 Å². The van der Waals surface area contributed by atoms with Crippen LogP contribution in [0, 0.1) is 5.92 Å². The van der Waals surface area contributed by atoms with E-state index in [1.165, 1.54) is 0 Å². The fraction of sp³-hybridized carbons (Fsp3) is 0.179. The number of hydrogen-bond donors (Lipinski definition) is 1. The Labute approximate surface area is 199 Å². The van der Waals surface area contributed by atoms with Crippen LogP contribution in [-0.2, 0) is 4.79 Å². The van der Waals surface area contributed by atoms with E-state index in [4.69, 9.17) is 4.74 Å². The molecular formula is C28H26N4O2. The number of rotatable bonds is 6. The molecule has 5 rings (SSSR count). The third-order valence-electron chi connectivity index (χ3n) is 5.92. The molecule has 1 amide bonds. The van der Waals surface area contributed by atoms with Crippen molar-refractivity contribution in [3.63, 3.8) is 0 Å². The highest BCUT2D eigenvalue weighted by molar-refractivity contribution is 5.93. The fourth-order valence-electron chi connectivity index (χ4n) is 4.11. The molecule has 0 spiro atoms. The molecule has 0 saturated carbocycles. The van der Waals surface area contributed by atoms with Crippen molar-refractivity contribution < 1.29 is 9.53 Å². The van der Waals surface area contributed by atoms with Crippen molar-refractivity contribution >= 4 is 17.5 Å². The molecule has 1 saturated heterocycles. The van der Waals surface area contributed by atoms with Gasteiger partial charge in [0.1, 0.15) is 11.5 Å². The van der Waals surface area contributed by atoms with Crippen LogP contribution in [0.2, 0.25) is 0 Å². The Bertz CT molecular complexity index is 1210. The van der Waals surface area contributed by atoms with E-state index >= 15 is 0 Å². The molecule has 0 aliphatic carbocycles. The van der Waals surface area contributed by atoms with Crippen LogP contribution in [0.3, 0.4) is 0 Å². The average molecular weight is 451 g/mol. The molecule has 1 aliphatic heterocycles. The van der Waals surface area contributed by atoms with Crippen LogP contribution in [0.1, 0.15) is 12.8 Å². The van der Waals surface area contributed by atoms with Gasteiger partial charge in [-0.1, -0.05) is 48.5 Å². The largest absolute Gasteiger partial charge is 0.457 e. The molecule has 1 N–H and O–H groups in total. The Hall–Kier alpha value is -4.19. The van der Waals surface area contributed by atoms with Crippen LogP contribution in [0.15, 0.2) is 97.3 Å². The van der Waals surface area contributed by atoms with Crippen LogP contribution in [0.25, 0.3) is 11.1 Å². The van der Waals surface area contributed by atoms with Crippen LogP contribution in [-0.4, -0.2) is 29.0 Å². The highest BCUT2D eigenvalue weighted by Crippen LogP contribution is 2.25. The number of anilines is 2. The zero-order valence-electron chi connectivity index (χ0n) is 18.8. The smallest absolute Gasteiger partial charge is 0.229 e. The summed E-state index contributed by atoms with van der Waals surface area (Å²) < 4.78 is 5.82. The number of benzene rings is 3. The van der Waals surface area contributed by atoms with E-state index in [-0.39, 0.29) is 11.8 Å². The molecule has 0 radical (unpaired) electrons. The lowest BCUT2D eigenvalue weighted by atomic mass is 9.97. The van der Waals surface area contributed by atoms with E-state index in [1.807, 2.05) is 97.3 Å². The summed E-state index contributed by atoms with van der Waals surface area (Å²) in [4.78, 5) is 24.2. The number of nitrogens with zero attached hydrogens (tertiary/aromatic N) is 3. The lowest BCUT2D eigenvalue weighted by Gasteiger charge is -2.32. The quantitative estimate of drug-likeness (QED) is 0.403. The Morgan fingerprint density at radius 2 is 1.47 bits per heavy atom. The fourth-order valence-corrected chi connectivity index (χ4v) is 4.11. The monoisotopic (exact) mass is 450 g/mol. The summed E-state index contributed by atoms with van der Waals surface area (Å²) in [6.07, 6.45) is 5.46. The van der Waals surface area contributed by atoms with Gasteiger partial charge in [0, 0.05) is 36.7 Å². The number of para-hydroxylation sites is 1. The molecule has 4 aromatic rings. The Balaban J connectivity index is 1.19. The van der Waals surface area contributed by atoms with Crippen molar-refractivity contribution in [1.29, 1.82) is 0 Å². The molecule has 6 nitrogen and oxygen atoms in total. The number of amides is 1. The van der Waals surface area contributed by atoms with Gasteiger partial charge in [-0.05, 0) is 54.8 Å². The van der Waals surface area contributed by atoms with Crippen molar-refractivity contribution in [1.82, 2.24) is 9.97 Å². The summed E-state index contributed by atoms with van der Waals surface area (Å²) in [5.41, 5.74) is 2.83. The predicted molar refractivity (Wildman–Crippen MR) is 134 cm³/mol. The second-order valence-corrected chi connectivity index (χ2v) is 8.35. The first-order chi connectivity index (χ1) is 16.7. The molecule has 34 heavy (non-hydrogen) atoms. The lowest BCUT2D eigenvalue weighted by Crippen LogP contribution is -2.41. The third kappa shape index (κ3) is 5.23. The van der Waals surface area contributed by atoms with Crippen LogP contribution in [0.5, 0.6) is 11.5 Å². The second kappa shape index (κ2) is 10.2. The molecule has 6 heteroatoms. The Morgan fingerprint density at radius 3 is 2.18 bits per heavy atom. The van der Waals surface area contributed by atoms with Gasteiger partial charge in [-0.15, -0.1) is 0 Å². The number of aromatic nitrogens is 2. The molecule has 0 unspecified atom stereocenters. The zero-order chi connectivity index (χ0) is 23.2. The summed E-state index contributed by atoms with van der Waals surface area (Å²) in [6.45, 7) is 1.45. The minimum absolute atomic E-state index is 0.0160. The van der Waals surface area contributed by atoms with Crippen LogP contribution in [0.4, 0.5) is 11.6 Å². The molecule has 1 atom stereocenters. The molecule has 1 aromatic heterocycles. The summed E-state index contributed by atoms with van der Waals surface area (Å²) in [6, 6.07) is 27.1.